The lowest BCUT2D eigenvalue weighted by Gasteiger charge is -2.41. The van der Waals surface area contributed by atoms with Crippen LogP contribution in [0.3, 0.4) is 0 Å². The minimum absolute atomic E-state index is 0.364. The predicted octanol–water partition coefficient (Wildman–Crippen LogP) is 4.55. The van der Waals surface area contributed by atoms with Gasteiger partial charge < -0.3 is 4.74 Å². The summed E-state index contributed by atoms with van der Waals surface area (Å²) in [6.07, 6.45) is 4.03. The number of methoxy groups -OCH3 is 1. The number of ether oxygens (including phenoxy) is 1. The molecule has 1 aromatic carbocycles. The summed E-state index contributed by atoms with van der Waals surface area (Å²) in [6, 6.07) is 9.04. The zero-order valence-electron chi connectivity index (χ0n) is 12.2. The minimum Gasteiger partial charge on any atom is -0.380 e. The molecule has 0 spiro atoms. The zero-order chi connectivity index (χ0) is 13.2. The van der Waals surface area contributed by atoms with Gasteiger partial charge in [-0.3, -0.25) is 0 Å². The van der Waals surface area contributed by atoms with Gasteiger partial charge in [0.1, 0.15) is 0 Å². The first kappa shape index (κ1) is 13.6. The Morgan fingerprint density at radius 2 is 1.67 bits per heavy atom. The summed E-state index contributed by atoms with van der Waals surface area (Å²) < 4.78 is 5.17. The Morgan fingerprint density at radius 3 is 2.17 bits per heavy atom. The van der Waals surface area contributed by atoms with Crippen LogP contribution in [0.25, 0.3) is 0 Å². The van der Waals surface area contributed by atoms with Crippen LogP contribution >= 0.6 is 0 Å². The summed E-state index contributed by atoms with van der Waals surface area (Å²) in [4.78, 5) is 0. The molecule has 0 heterocycles. The van der Waals surface area contributed by atoms with Crippen LogP contribution in [0.5, 0.6) is 0 Å². The maximum Gasteiger partial charge on any atom is 0.0713 e. The van der Waals surface area contributed by atoms with Crippen LogP contribution in [-0.4, -0.2) is 7.11 Å². The van der Waals surface area contributed by atoms with Crippen molar-refractivity contribution in [3.05, 3.63) is 35.4 Å². The molecule has 1 fully saturated rings. The van der Waals surface area contributed by atoms with Gasteiger partial charge in [0, 0.05) is 7.11 Å². The number of rotatable bonds is 3. The standard InChI is InChI=1S/C17H26O/c1-13-9-14(2)11-17(3,10-13)16-7-5-15(6-8-16)12-18-4/h5-8,13-14H,9-12H2,1-4H3/t13-,14+,17?. The highest BCUT2D eigenvalue weighted by molar-refractivity contribution is 5.29. The van der Waals surface area contributed by atoms with E-state index in [0.29, 0.717) is 12.0 Å². The molecule has 0 aliphatic heterocycles. The second kappa shape index (κ2) is 5.44. The largest absolute Gasteiger partial charge is 0.380 e. The first-order valence-corrected chi connectivity index (χ1v) is 7.12. The zero-order valence-corrected chi connectivity index (χ0v) is 12.2. The molecule has 0 saturated heterocycles. The molecule has 0 aromatic heterocycles. The van der Waals surface area contributed by atoms with Gasteiger partial charge in [-0.2, -0.15) is 0 Å². The summed E-state index contributed by atoms with van der Waals surface area (Å²) in [5.74, 6) is 1.69. The molecule has 1 saturated carbocycles. The minimum atomic E-state index is 0.364. The summed E-state index contributed by atoms with van der Waals surface area (Å²) >= 11 is 0. The van der Waals surface area contributed by atoms with Gasteiger partial charge >= 0.3 is 0 Å². The fraction of sp³-hybridized carbons (Fsp3) is 0.647. The third-order valence-electron chi connectivity index (χ3n) is 4.36. The highest BCUT2D eigenvalue weighted by Crippen LogP contribution is 2.44. The predicted molar refractivity (Wildman–Crippen MR) is 76.7 cm³/mol. The Kier molecular flexibility index (Phi) is 4.11. The van der Waals surface area contributed by atoms with E-state index in [2.05, 4.69) is 45.0 Å². The van der Waals surface area contributed by atoms with Crippen molar-refractivity contribution in [3.63, 3.8) is 0 Å². The van der Waals surface area contributed by atoms with E-state index < -0.39 is 0 Å². The van der Waals surface area contributed by atoms with Crippen LogP contribution in [0, 0.1) is 11.8 Å². The Bertz CT molecular complexity index is 369. The Hall–Kier alpha value is -0.820. The second-order valence-electron chi connectivity index (χ2n) is 6.54. The van der Waals surface area contributed by atoms with Crippen molar-refractivity contribution in [1.29, 1.82) is 0 Å². The lowest BCUT2D eigenvalue weighted by atomic mass is 9.64. The Labute approximate surface area is 112 Å². The van der Waals surface area contributed by atoms with Gasteiger partial charge in [0.05, 0.1) is 6.61 Å². The SMILES string of the molecule is COCc1ccc(C2(C)C[C@H](C)C[C@H](C)C2)cc1. The van der Waals surface area contributed by atoms with Gasteiger partial charge in [-0.1, -0.05) is 45.0 Å². The number of hydrogen-bond acceptors (Lipinski definition) is 1. The van der Waals surface area contributed by atoms with Crippen LogP contribution in [0.15, 0.2) is 24.3 Å². The normalized spacial score (nSPS) is 32.4. The molecule has 0 bridgehead atoms. The van der Waals surface area contributed by atoms with Crippen LogP contribution < -0.4 is 0 Å². The van der Waals surface area contributed by atoms with E-state index in [0.717, 1.165) is 11.8 Å². The molecule has 1 unspecified atom stereocenters. The molecular formula is C17H26O. The van der Waals surface area contributed by atoms with Crippen molar-refractivity contribution < 1.29 is 4.74 Å². The maximum atomic E-state index is 5.17. The highest BCUT2D eigenvalue weighted by atomic mass is 16.5. The number of hydrogen-bond donors (Lipinski definition) is 0. The van der Waals surface area contributed by atoms with Crippen LogP contribution in [0.2, 0.25) is 0 Å². The summed E-state index contributed by atoms with van der Waals surface area (Å²) in [7, 11) is 1.75. The third kappa shape index (κ3) is 2.95. The van der Waals surface area contributed by atoms with E-state index in [9.17, 15) is 0 Å². The molecule has 1 aromatic rings. The van der Waals surface area contributed by atoms with E-state index in [-0.39, 0.29) is 0 Å². The molecule has 3 atom stereocenters. The van der Waals surface area contributed by atoms with Gasteiger partial charge in [-0.25, -0.2) is 0 Å². The van der Waals surface area contributed by atoms with Crippen LogP contribution in [0.1, 0.15) is 51.2 Å². The monoisotopic (exact) mass is 246 g/mol. The van der Waals surface area contributed by atoms with Crippen LogP contribution in [-0.2, 0) is 16.8 Å². The fourth-order valence-electron chi connectivity index (χ4n) is 3.88. The molecule has 1 heteroatoms. The van der Waals surface area contributed by atoms with Crippen molar-refractivity contribution in [2.45, 2.75) is 52.1 Å². The number of benzene rings is 1. The molecule has 1 nitrogen and oxygen atoms in total. The van der Waals surface area contributed by atoms with Gasteiger partial charge in [-0.05, 0) is 47.6 Å². The van der Waals surface area contributed by atoms with E-state index in [1.54, 1.807) is 7.11 Å². The molecule has 0 amide bonds. The summed E-state index contributed by atoms with van der Waals surface area (Å²) in [5, 5.41) is 0. The topological polar surface area (TPSA) is 9.23 Å². The molecule has 1 aliphatic rings. The lowest BCUT2D eigenvalue weighted by Crippen LogP contribution is -2.32. The van der Waals surface area contributed by atoms with Crippen molar-refractivity contribution in [2.24, 2.45) is 11.8 Å². The van der Waals surface area contributed by atoms with Gasteiger partial charge in [0.25, 0.3) is 0 Å². The van der Waals surface area contributed by atoms with Crippen molar-refractivity contribution in [2.75, 3.05) is 7.11 Å². The van der Waals surface area contributed by atoms with Gasteiger partial charge in [0.2, 0.25) is 0 Å². The summed E-state index contributed by atoms with van der Waals surface area (Å²) in [5.41, 5.74) is 3.13. The molecule has 0 radical (unpaired) electrons. The second-order valence-corrected chi connectivity index (χ2v) is 6.54. The van der Waals surface area contributed by atoms with E-state index in [1.165, 1.54) is 30.4 Å². The first-order chi connectivity index (χ1) is 8.53. The third-order valence-corrected chi connectivity index (χ3v) is 4.36. The molecule has 2 rings (SSSR count). The quantitative estimate of drug-likeness (QED) is 0.760. The molecule has 0 N–H and O–H groups in total. The van der Waals surface area contributed by atoms with Gasteiger partial charge in [-0.15, -0.1) is 0 Å². The Balaban J connectivity index is 2.18. The van der Waals surface area contributed by atoms with E-state index >= 15 is 0 Å². The van der Waals surface area contributed by atoms with Gasteiger partial charge in [0.15, 0.2) is 0 Å². The van der Waals surface area contributed by atoms with Crippen molar-refractivity contribution in [3.8, 4) is 0 Å². The van der Waals surface area contributed by atoms with E-state index in [1.807, 2.05) is 0 Å². The molecular weight excluding hydrogens is 220 g/mol. The van der Waals surface area contributed by atoms with Crippen LogP contribution in [0.4, 0.5) is 0 Å². The van der Waals surface area contributed by atoms with Crippen molar-refractivity contribution in [1.82, 2.24) is 0 Å². The summed E-state index contributed by atoms with van der Waals surface area (Å²) in [6.45, 7) is 7.94. The molecule has 18 heavy (non-hydrogen) atoms. The lowest BCUT2D eigenvalue weighted by molar-refractivity contribution is 0.184. The first-order valence-electron chi connectivity index (χ1n) is 7.12. The molecule has 1 aliphatic carbocycles. The smallest absolute Gasteiger partial charge is 0.0713 e. The van der Waals surface area contributed by atoms with E-state index in [4.69, 9.17) is 4.74 Å². The average molecular weight is 246 g/mol. The Morgan fingerprint density at radius 1 is 1.11 bits per heavy atom. The average Bonchev–Trinajstić information content (AvgIpc) is 2.28. The fourth-order valence-corrected chi connectivity index (χ4v) is 3.88. The highest BCUT2D eigenvalue weighted by Gasteiger charge is 2.35. The van der Waals surface area contributed by atoms with Crippen molar-refractivity contribution >= 4 is 0 Å². The molecule has 100 valence electrons. The maximum absolute atomic E-state index is 5.17.